The van der Waals surface area contributed by atoms with Crippen LogP contribution in [0.2, 0.25) is 0 Å². The fraction of sp³-hybridized carbons (Fsp3) is 0.391. The molecule has 5 rings (SSSR count). The van der Waals surface area contributed by atoms with Crippen LogP contribution in [0.15, 0.2) is 55.4 Å². The molecule has 1 saturated heterocycles. The summed E-state index contributed by atoms with van der Waals surface area (Å²) in [5.74, 6) is 1.32. The Morgan fingerprint density at radius 3 is 2.72 bits per heavy atom. The number of benzene rings is 1. The summed E-state index contributed by atoms with van der Waals surface area (Å²) in [6.45, 7) is 4.05. The standard InChI is InChI=1S/C23H27N5O/c1-16-20-12-25-15-28(20)19(23(16)18-5-3-2-4-6-18)11-21(29)17-7-9-27(10-8-17)22-13-24-14-26-22/h2-6,12-15,17,19,21,29H,7-11H2,1H3,(H,24,26). The van der Waals surface area contributed by atoms with E-state index >= 15 is 0 Å². The molecule has 3 aromatic rings. The van der Waals surface area contributed by atoms with Crippen molar-refractivity contribution in [2.75, 3.05) is 18.0 Å². The minimum Gasteiger partial charge on any atom is -0.393 e. The van der Waals surface area contributed by atoms with Gasteiger partial charge in [0.1, 0.15) is 5.82 Å². The van der Waals surface area contributed by atoms with E-state index in [0.29, 0.717) is 5.92 Å². The number of piperidine rings is 1. The van der Waals surface area contributed by atoms with E-state index in [1.807, 2.05) is 24.8 Å². The Labute approximate surface area is 170 Å². The van der Waals surface area contributed by atoms with Crippen molar-refractivity contribution in [3.05, 3.63) is 66.6 Å². The Morgan fingerprint density at radius 2 is 2.00 bits per heavy atom. The van der Waals surface area contributed by atoms with Crippen LogP contribution in [0.3, 0.4) is 0 Å². The second kappa shape index (κ2) is 7.52. The molecule has 29 heavy (non-hydrogen) atoms. The van der Waals surface area contributed by atoms with Crippen molar-refractivity contribution < 1.29 is 5.11 Å². The maximum absolute atomic E-state index is 11.2. The Bertz CT molecular complexity index is 983. The lowest BCUT2D eigenvalue weighted by Crippen LogP contribution is -2.38. The van der Waals surface area contributed by atoms with Gasteiger partial charge in [-0.15, -0.1) is 0 Å². The lowest BCUT2D eigenvalue weighted by molar-refractivity contribution is 0.0770. The third-order valence-electron chi connectivity index (χ3n) is 6.56. The van der Waals surface area contributed by atoms with E-state index in [9.17, 15) is 5.11 Å². The van der Waals surface area contributed by atoms with Crippen LogP contribution >= 0.6 is 0 Å². The number of aromatic nitrogens is 4. The van der Waals surface area contributed by atoms with Crippen LogP contribution in [0.5, 0.6) is 0 Å². The number of rotatable bonds is 5. The zero-order chi connectivity index (χ0) is 19.8. The molecule has 1 fully saturated rings. The predicted octanol–water partition coefficient (Wildman–Crippen LogP) is 3.76. The van der Waals surface area contributed by atoms with E-state index in [1.54, 1.807) is 6.33 Å². The number of H-pyrrole nitrogens is 1. The van der Waals surface area contributed by atoms with Crippen molar-refractivity contribution in [1.29, 1.82) is 0 Å². The van der Waals surface area contributed by atoms with E-state index in [0.717, 1.165) is 43.9 Å². The normalized spacial score (nSPS) is 20.9. The van der Waals surface area contributed by atoms with E-state index in [-0.39, 0.29) is 12.1 Å². The van der Waals surface area contributed by atoms with Gasteiger partial charge in [-0.2, -0.15) is 0 Å². The molecule has 1 aromatic carbocycles. The smallest absolute Gasteiger partial charge is 0.146 e. The maximum Gasteiger partial charge on any atom is 0.146 e. The fourth-order valence-electron chi connectivity index (χ4n) is 4.99. The van der Waals surface area contributed by atoms with Crippen LogP contribution in [-0.2, 0) is 0 Å². The first-order valence-corrected chi connectivity index (χ1v) is 10.4. The van der Waals surface area contributed by atoms with Crippen molar-refractivity contribution in [3.8, 4) is 0 Å². The van der Waals surface area contributed by atoms with E-state index < -0.39 is 0 Å². The van der Waals surface area contributed by atoms with Gasteiger partial charge in [0, 0.05) is 19.3 Å². The van der Waals surface area contributed by atoms with Gasteiger partial charge in [0.25, 0.3) is 0 Å². The van der Waals surface area contributed by atoms with E-state index in [4.69, 9.17) is 0 Å². The summed E-state index contributed by atoms with van der Waals surface area (Å²) in [4.78, 5) is 14.0. The molecule has 2 aliphatic rings. The van der Waals surface area contributed by atoms with Gasteiger partial charge in [-0.1, -0.05) is 30.3 Å². The highest BCUT2D eigenvalue weighted by Gasteiger charge is 2.34. The number of anilines is 1. The van der Waals surface area contributed by atoms with Crippen molar-refractivity contribution in [2.45, 2.75) is 38.3 Å². The molecule has 0 bridgehead atoms. The third kappa shape index (κ3) is 3.27. The molecule has 6 nitrogen and oxygen atoms in total. The van der Waals surface area contributed by atoms with Crippen molar-refractivity contribution in [3.63, 3.8) is 0 Å². The first-order valence-electron chi connectivity index (χ1n) is 10.4. The molecule has 0 aliphatic carbocycles. The molecular formula is C23H27N5O. The van der Waals surface area contributed by atoms with Crippen LogP contribution in [0.1, 0.15) is 43.5 Å². The lowest BCUT2D eigenvalue weighted by atomic mass is 9.85. The number of aliphatic hydroxyl groups excluding tert-OH is 1. The summed E-state index contributed by atoms with van der Waals surface area (Å²) >= 11 is 0. The van der Waals surface area contributed by atoms with Gasteiger partial charge in [-0.3, -0.25) is 0 Å². The molecule has 0 radical (unpaired) electrons. The fourth-order valence-corrected chi connectivity index (χ4v) is 4.99. The van der Waals surface area contributed by atoms with E-state index in [1.165, 1.54) is 16.7 Å². The number of nitrogens with zero attached hydrogens (tertiary/aromatic N) is 4. The van der Waals surface area contributed by atoms with Gasteiger partial charge in [0.15, 0.2) is 0 Å². The van der Waals surface area contributed by atoms with Crippen LogP contribution in [0, 0.1) is 5.92 Å². The Kier molecular flexibility index (Phi) is 4.72. The number of aliphatic hydroxyl groups is 1. The van der Waals surface area contributed by atoms with Gasteiger partial charge >= 0.3 is 0 Å². The number of nitrogens with one attached hydrogen (secondary N) is 1. The number of imidazole rings is 2. The van der Waals surface area contributed by atoms with Crippen molar-refractivity contribution in [2.24, 2.45) is 5.92 Å². The van der Waals surface area contributed by atoms with Crippen LogP contribution in [0.25, 0.3) is 11.1 Å². The SMILES string of the molecule is CC1=C(c2ccccc2)C(CC(O)C2CCN(c3c[nH]cn3)CC2)n2cncc21. The second-order valence-corrected chi connectivity index (χ2v) is 8.16. The molecule has 150 valence electrons. The number of fused-ring (bicyclic) bond motifs is 1. The molecule has 0 spiro atoms. The van der Waals surface area contributed by atoms with Gasteiger partial charge in [-0.25, -0.2) is 9.97 Å². The number of aromatic amines is 1. The average molecular weight is 390 g/mol. The van der Waals surface area contributed by atoms with Gasteiger partial charge in [0.05, 0.1) is 36.7 Å². The topological polar surface area (TPSA) is 70.0 Å². The summed E-state index contributed by atoms with van der Waals surface area (Å²) in [6, 6.07) is 10.7. The quantitative estimate of drug-likeness (QED) is 0.697. The van der Waals surface area contributed by atoms with Crippen LogP contribution < -0.4 is 4.90 Å². The van der Waals surface area contributed by atoms with Crippen molar-refractivity contribution >= 4 is 17.0 Å². The minimum atomic E-state index is -0.332. The Hall–Kier alpha value is -2.86. The highest BCUT2D eigenvalue weighted by Crippen LogP contribution is 2.45. The summed E-state index contributed by atoms with van der Waals surface area (Å²) in [6.07, 6.45) is 9.87. The molecule has 2 aromatic heterocycles. The second-order valence-electron chi connectivity index (χ2n) is 8.16. The summed E-state index contributed by atoms with van der Waals surface area (Å²) in [7, 11) is 0. The first kappa shape index (κ1) is 18.2. The molecule has 4 heterocycles. The van der Waals surface area contributed by atoms with Gasteiger partial charge in [-0.05, 0) is 48.8 Å². The average Bonchev–Trinajstić information content (AvgIpc) is 3.49. The Balaban J connectivity index is 1.33. The molecule has 2 aliphatic heterocycles. The first-order chi connectivity index (χ1) is 14.2. The monoisotopic (exact) mass is 389 g/mol. The molecule has 2 atom stereocenters. The molecular weight excluding hydrogens is 362 g/mol. The van der Waals surface area contributed by atoms with Crippen LogP contribution in [-0.4, -0.2) is 43.8 Å². The van der Waals surface area contributed by atoms with Crippen molar-refractivity contribution in [1.82, 2.24) is 19.5 Å². The number of hydrogen-bond donors (Lipinski definition) is 2. The molecule has 0 amide bonds. The molecule has 2 N–H and O–H groups in total. The van der Waals surface area contributed by atoms with Crippen LogP contribution in [0.4, 0.5) is 5.82 Å². The largest absolute Gasteiger partial charge is 0.393 e. The zero-order valence-electron chi connectivity index (χ0n) is 16.7. The molecule has 2 unspecified atom stereocenters. The minimum absolute atomic E-state index is 0.134. The lowest BCUT2D eigenvalue weighted by Gasteiger charge is -2.35. The third-order valence-corrected chi connectivity index (χ3v) is 6.56. The highest BCUT2D eigenvalue weighted by atomic mass is 16.3. The predicted molar refractivity (Wildman–Crippen MR) is 114 cm³/mol. The van der Waals surface area contributed by atoms with Gasteiger partial charge in [0.2, 0.25) is 0 Å². The zero-order valence-corrected chi connectivity index (χ0v) is 16.7. The summed E-state index contributed by atoms with van der Waals surface area (Å²) in [5.41, 5.74) is 4.98. The molecule has 0 saturated carbocycles. The maximum atomic E-state index is 11.2. The highest BCUT2D eigenvalue weighted by molar-refractivity contribution is 5.93. The van der Waals surface area contributed by atoms with E-state index in [2.05, 4.69) is 55.6 Å². The summed E-state index contributed by atoms with van der Waals surface area (Å²) in [5, 5.41) is 11.2. The number of hydrogen-bond acceptors (Lipinski definition) is 4. The van der Waals surface area contributed by atoms with Gasteiger partial charge < -0.3 is 19.6 Å². The molecule has 6 heteroatoms. The number of allylic oxidation sites excluding steroid dienone is 2. The Morgan fingerprint density at radius 1 is 1.21 bits per heavy atom. The summed E-state index contributed by atoms with van der Waals surface area (Å²) < 4.78 is 2.24.